The fourth-order valence-corrected chi connectivity index (χ4v) is 2.95. The molecule has 2 atom stereocenters. The van der Waals surface area contributed by atoms with E-state index in [1.165, 1.54) is 19.4 Å². The van der Waals surface area contributed by atoms with Crippen molar-refractivity contribution in [3.8, 4) is 0 Å². The Morgan fingerprint density at radius 1 is 1.21 bits per heavy atom. The van der Waals surface area contributed by atoms with Gasteiger partial charge in [0.25, 0.3) is 0 Å². The normalized spacial score (nSPS) is 23.2. The minimum atomic E-state index is 0.449. The van der Waals surface area contributed by atoms with Crippen molar-refractivity contribution >= 4 is 0 Å². The summed E-state index contributed by atoms with van der Waals surface area (Å²) in [7, 11) is 0. The third kappa shape index (κ3) is 6.24. The summed E-state index contributed by atoms with van der Waals surface area (Å²) in [6.07, 6.45) is 2.96. The zero-order chi connectivity index (χ0) is 14.3. The molecular formula is C16H34N2O. The highest BCUT2D eigenvalue weighted by Gasteiger charge is 2.27. The van der Waals surface area contributed by atoms with Crippen LogP contribution in [-0.2, 0) is 4.74 Å². The molecule has 0 radical (unpaired) electrons. The van der Waals surface area contributed by atoms with Gasteiger partial charge in [-0.3, -0.25) is 4.90 Å². The molecule has 3 nitrogen and oxygen atoms in total. The summed E-state index contributed by atoms with van der Waals surface area (Å²) in [4.78, 5) is 2.64. The van der Waals surface area contributed by atoms with E-state index in [1.807, 2.05) is 0 Å². The van der Waals surface area contributed by atoms with Crippen molar-refractivity contribution in [2.45, 2.75) is 59.6 Å². The van der Waals surface area contributed by atoms with Crippen LogP contribution in [0.2, 0.25) is 0 Å². The molecule has 19 heavy (non-hydrogen) atoms. The minimum Gasteiger partial charge on any atom is -0.377 e. The number of nitrogens with zero attached hydrogens (tertiary/aromatic N) is 1. The van der Waals surface area contributed by atoms with Crippen molar-refractivity contribution < 1.29 is 4.74 Å². The lowest BCUT2D eigenvalue weighted by Gasteiger charge is -2.40. The Bertz CT molecular complexity index is 229. The van der Waals surface area contributed by atoms with Crippen LogP contribution in [0.25, 0.3) is 0 Å². The third-order valence-electron chi connectivity index (χ3n) is 3.96. The Labute approximate surface area is 120 Å². The van der Waals surface area contributed by atoms with Crippen molar-refractivity contribution in [1.82, 2.24) is 10.2 Å². The van der Waals surface area contributed by atoms with E-state index in [1.54, 1.807) is 0 Å². The molecule has 1 fully saturated rings. The van der Waals surface area contributed by atoms with Crippen LogP contribution in [0.1, 0.15) is 47.5 Å². The van der Waals surface area contributed by atoms with Gasteiger partial charge in [-0.25, -0.2) is 0 Å². The van der Waals surface area contributed by atoms with E-state index in [-0.39, 0.29) is 0 Å². The van der Waals surface area contributed by atoms with Crippen molar-refractivity contribution in [1.29, 1.82) is 0 Å². The molecule has 1 aliphatic heterocycles. The van der Waals surface area contributed by atoms with E-state index in [9.17, 15) is 0 Å². The van der Waals surface area contributed by atoms with E-state index in [0.29, 0.717) is 18.1 Å². The highest BCUT2D eigenvalue weighted by atomic mass is 16.5. The van der Waals surface area contributed by atoms with E-state index in [0.717, 1.165) is 32.2 Å². The predicted octanol–water partition coefficient (Wildman–Crippen LogP) is 2.76. The molecule has 0 aliphatic carbocycles. The van der Waals surface area contributed by atoms with Gasteiger partial charge in [0.2, 0.25) is 0 Å². The Hall–Kier alpha value is -0.120. The molecule has 1 rings (SSSR count). The predicted molar refractivity (Wildman–Crippen MR) is 82.6 cm³/mol. The monoisotopic (exact) mass is 270 g/mol. The van der Waals surface area contributed by atoms with Gasteiger partial charge in [0.1, 0.15) is 0 Å². The molecule has 0 bridgehead atoms. The maximum absolute atomic E-state index is 5.82. The van der Waals surface area contributed by atoms with Gasteiger partial charge in [-0.15, -0.1) is 0 Å². The van der Waals surface area contributed by atoms with Crippen LogP contribution in [0.15, 0.2) is 0 Å². The first-order valence-corrected chi connectivity index (χ1v) is 8.10. The number of likely N-dealkylation sites (tertiary alicyclic amines) is 1. The molecule has 1 N–H and O–H groups in total. The van der Waals surface area contributed by atoms with E-state index < -0.39 is 0 Å². The number of rotatable bonds is 8. The molecule has 0 aromatic heterocycles. The SMILES string of the molecule is CCOC1CCCN(C(CNCC(C)C)C(C)C)C1. The van der Waals surface area contributed by atoms with Crippen LogP contribution in [-0.4, -0.2) is 49.8 Å². The molecule has 3 heteroatoms. The first-order valence-electron chi connectivity index (χ1n) is 8.10. The van der Waals surface area contributed by atoms with Gasteiger partial charge in [0.15, 0.2) is 0 Å². The number of hydrogen-bond acceptors (Lipinski definition) is 3. The van der Waals surface area contributed by atoms with Crippen molar-refractivity contribution in [2.24, 2.45) is 11.8 Å². The van der Waals surface area contributed by atoms with Crippen LogP contribution < -0.4 is 5.32 Å². The van der Waals surface area contributed by atoms with Crippen LogP contribution in [0.5, 0.6) is 0 Å². The van der Waals surface area contributed by atoms with Crippen LogP contribution in [0, 0.1) is 11.8 Å². The molecule has 0 spiro atoms. The number of ether oxygens (including phenoxy) is 1. The molecule has 114 valence electrons. The third-order valence-corrected chi connectivity index (χ3v) is 3.96. The summed E-state index contributed by atoms with van der Waals surface area (Å²) in [6.45, 7) is 16.7. The van der Waals surface area contributed by atoms with Gasteiger partial charge in [0.05, 0.1) is 6.10 Å². The van der Waals surface area contributed by atoms with Gasteiger partial charge >= 0.3 is 0 Å². The molecule has 0 saturated carbocycles. The van der Waals surface area contributed by atoms with Gasteiger partial charge in [-0.2, -0.15) is 0 Å². The Kier molecular flexibility index (Phi) is 7.96. The number of nitrogens with one attached hydrogen (secondary N) is 1. The first-order chi connectivity index (χ1) is 9.04. The second-order valence-electron chi connectivity index (χ2n) is 6.58. The second-order valence-corrected chi connectivity index (χ2v) is 6.58. The highest BCUT2D eigenvalue weighted by Crippen LogP contribution is 2.19. The summed E-state index contributed by atoms with van der Waals surface area (Å²) in [5.41, 5.74) is 0. The Morgan fingerprint density at radius 2 is 1.95 bits per heavy atom. The maximum atomic E-state index is 5.82. The standard InChI is InChI=1S/C16H34N2O/c1-6-19-15-8-7-9-18(12-15)16(14(4)5)11-17-10-13(2)3/h13-17H,6-12H2,1-5H3. The average molecular weight is 270 g/mol. The lowest BCUT2D eigenvalue weighted by molar-refractivity contribution is -0.0138. The minimum absolute atomic E-state index is 0.449. The molecule has 0 amide bonds. The van der Waals surface area contributed by atoms with Crippen LogP contribution in [0.3, 0.4) is 0 Å². The summed E-state index contributed by atoms with van der Waals surface area (Å²) in [5, 5.41) is 3.63. The van der Waals surface area contributed by atoms with Crippen molar-refractivity contribution in [2.75, 3.05) is 32.8 Å². The number of hydrogen-bond donors (Lipinski definition) is 1. The summed E-state index contributed by atoms with van der Waals surface area (Å²) in [6, 6.07) is 0.641. The fraction of sp³-hybridized carbons (Fsp3) is 1.00. The summed E-state index contributed by atoms with van der Waals surface area (Å²) >= 11 is 0. The van der Waals surface area contributed by atoms with Gasteiger partial charge < -0.3 is 10.1 Å². The molecule has 0 aromatic carbocycles. The maximum Gasteiger partial charge on any atom is 0.0702 e. The molecular weight excluding hydrogens is 236 g/mol. The smallest absolute Gasteiger partial charge is 0.0702 e. The van der Waals surface area contributed by atoms with Gasteiger partial charge in [-0.05, 0) is 44.7 Å². The molecule has 1 heterocycles. The summed E-state index contributed by atoms with van der Waals surface area (Å²) < 4.78 is 5.82. The quantitative estimate of drug-likeness (QED) is 0.734. The number of piperidine rings is 1. The highest BCUT2D eigenvalue weighted by molar-refractivity contribution is 4.83. The second kappa shape index (κ2) is 8.93. The van der Waals surface area contributed by atoms with Crippen LogP contribution >= 0.6 is 0 Å². The summed E-state index contributed by atoms with van der Waals surface area (Å²) in [5.74, 6) is 1.42. The fourth-order valence-electron chi connectivity index (χ4n) is 2.95. The lowest BCUT2D eigenvalue weighted by atomic mass is 9.98. The molecule has 2 unspecified atom stereocenters. The average Bonchev–Trinajstić information content (AvgIpc) is 2.34. The Morgan fingerprint density at radius 3 is 2.53 bits per heavy atom. The van der Waals surface area contributed by atoms with Gasteiger partial charge in [0, 0.05) is 25.7 Å². The van der Waals surface area contributed by atoms with Crippen molar-refractivity contribution in [3.63, 3.8) is 0 Å². The lowest BCUT2D eigenvalue weighted by Crippen LogP contribution is -2.51. The van der Waals surface area contributed by atoms with E-state index in [2.05, 4.69) is 44.8 Å². The molecule has 1 saturated heterocycles. The van der Waals surface area contributed by atoms with Crippen LogP contribution in [0.4, 0.5) is 0 Å². The van der Waals surface area contributed by atoms with Gasteiger partial charge in [-0.1, -0.05) is 27.7 Å². The molecule has 1 aliphatic rings. The zero-order valence-corrected chi connectivity index (χ0v) is 13.6. The Balaban J connectivity index is 2.45. The topological polar surface area (TPSA) is 24.5 Å². The zero-order valence-electron chi connectivity index (χ0n) is 13.6. The van der Waals surface area contributed by atoms with E-state index >= 15 is 0 Å². The van der Waals surface area contributed by atoms with E-state index in [4.69, 9.17) is 4.74 Å². The molecule has 0 aromatic rings. The largest absolute Gasteiger partial charge is 0.377 e. The van der Waals surface area contributed by atoms with Crippen molar-refractivity contribution in [3.05, 3.63) is 0 Å². The first kappa shape index (κ1) is 16.9.